The zero-order valence-electron chi connectivity index (χ0n) is 29.3. The smallest absolute Gasteiger partial charge is 0.341 e. The van der Waals surface area contributed by atoms with E-state index in [2.05, 4.69) is 13.8 Å². The molecule has 0 aromatic heterocycles. The van der Waals surface area contributed by atoms with Crippen LogP contribution < -0.4 is 0 Å². The summed E-state index contributed by atoms with van der Waals surface area (Å²) in [6.45, 7) is 16.1. The van der Waals surface area contributed by atoms with E-state index < -0.39 is 89.3 Å². The van der Waals surface area contributed by atoms with Gasteiger partial charge in [0, 0.05) is 25.3 Å². The van der Waals surface area contributed by atoms with E-state index in [1.54, 1.807) is 40.7 Å². The van der Waals surface area contributed by atoms with Crippen LogP contribution in [0.3, 0.4) is 0 Å². The molecule has 0 radical (unpaired) electrons. The molecule has 0 spiro atoms. The second-order valence-electron chi connectivity index (χ2n) is 14.0. The Morgan fingerprint density at radius 1 is 1.04 bits per heavy atom. The molecule has 0 amide bonds. The average Bonchev–Trinajstić information content (AvgIpc) is 3.32. The third-order valence-electron chi connectivity index (χ3n) is 9.99. The molecular weight excluding hydrogens is 612 g/mol. The normalized spacial score (nSPS) is 34.2. The van der Waals surface area contributed by atoms with Crippen LogP contribution in [0, 0.1) is 17.8 Å². The van der Waals surface area contributed by atoms with Gasteiger partial charge in [0.05, 0.1) is 11.8 Å². The van der Waals surface area contributed by atoms with Gasteiger partial charge in [-0.2, -0.15) is 0 Å². The lowest BCUT2D eigenvalue weighted by Gasteiger charge is -2.42. The molecule has 3 rings (SSSR count). The van der Waals surface area contributed by atoms with E-state index in [1.165, 1.54) is 13.8 Å². The lowest BCUT2D eigenvalue weighted by Crippen LogP contribution is -2.64. The highest BCUT2D eigenvalue weighted by Gasteiger charge is 2.76. The first kappa shape index (κ1) is 38.2. The minimum Gasteiger partial charge on any atom is -0.459 e. The van der Waals surface area contributed by atoms with Crippen molar-refractivity contribution < 1.29 is 57.9 Å². The Balaban J connectivity index is 2.25. The molecule has 264 valence electrons. The van der Waals surface area contributed by atoms with E-state index >= 15 is 0 Å². The fourth-order valence-electron chi connectivity index (χ4n) is 6.85. The SMILES string of the molecule is CC=C(C)C(=O)OC1C(C)=C2C(C1OC(=O)CCCCC(C)C)C(C)(OC(C)=O)CC(OC(=O)C(C)CC)C1(O)C2OC(=O)C1(C)O. The van der Waals surface area contributed by atoms with Crippen LogP contribution in [0.15, 0.2) is 22.8 Å². The molecule has 0 aromatic carbocycles. The molecule has 12 heteroatoms. The third kappa shape index (κ3) is 7.28. The predicted octanol–water partition coefficient (Wildman–Crippen LogP) is 4.03. The van der Waals surface area contributed by atoms with Crippen LogP contribution in [-0.4, -0.2) is 81.3 Å². The zero-order chi connectivity index (χ0) is 35.6. The molecular formula is C35H52O12. The Kier molecular flexibility index (Phi) is 11.8. The number of ether oxygens (including phenoxy) is 5. The first-order chi connectivity index (χ1) is 21.8. The van der Waals surface area contributed by atoms with Crippen molar-refractivity contribution in [2.45, 2.75) is 149 Å². The summed E-state index contributed by atoms with van der Waals surface area (Å²) in [5, 5.41) is 24.0. The van der Waals surface area contributed by atoms with E-state index in [0.29, 0.717) is 18.8 Å². The number of hydrogen-bond acceptors (Lipinski definition) is 12. The molecule has 9 unspecified atom stereocenters. The summed E-state index contributed by atoms with van der Waals surface area (Å²) in [4.78, 5) is 65.6. The summed E-state index contributed by atoms with van der Waals surface area (Å²) >= 11 is 0. The summed E-state index contributed by atoms with van der Waals surface area (Å²) in [7, 11) is 0. The van der Waals surface area contributed by atoms with Crippen molar-refractivity contribution in [3.8, 4) is 0 Å². The summed E-state index contributed by atoms with van der Waals surface area (Å²) < 4.78 is 29.5. The van der Waals surface area contributed by atoms with E-state index in [-0.39, 0.29) is 23.1 Å². The largest absolute Gasteiger partial charge is 0.459 e. The molecule has 9 atom stereocenters. The molecule has 12 nitrogen and oxygen atoms in total. The molecule has 1 saturated carbocycles. The van der Waals surface area contributed by atoms with Gasteiger partial charge in [0.15, 0.2) is 29.5 Å². The molecule has 1 heterocycles. The van der Waals surface area contributed by atoms with E-state index in [9.17, 15) is 34.2 Å². The Morgan fingerprint density at radius 3 is 2.23 bits per heavy atom. The first-order valence-corrected chi connectivity index (χ1v) is 16.6. The monoisotopic (exact) mass is 664 g/mol. The second kappa shape index (κ2) is 14.5. The average molecular weight is 665 g/mol. The zero-order valence-corrected chi connectivity index (χ0v) is 29.3. The Hall–Kier alpha value is -3.25. The number of aliphatic hydroxyl groups is 2. The van der Waals surface area contributed by atoms with Gasteiger partial charge < -0.3 is 33.9 Å². The maximum Gasteiger partial charge on any atom is 0.341 e. The number of unbranched alkanes of at least 4 members (excludes halogenated alkanes) is 1. The van der Waals surface area contributed by atoms with Crippen LogP contribution in [0.25, 0.3) is 0 Å². The van der Waals surface area contributed by atoms with Crippen LogP contribution in [0.4, 0.5) is 0 Å². The van der Waals surface area contributed by atoms with Crippen molar-refractivity contribution in [1.82, 2.24) is 0 Å². The van der Waals surface area contributed by atoms with Gasteiger partial charge in [0.25, 0.3) is 0 Å². The van der Waals surface area contributed by atoms with Crippen molar-refractivity contribution >= 4 is 29.8 Å². The lowest BCUT2D eigenvalue weighted by molar-refractivity contribution is -0.214. The van der Waals surface area contributed by atoms with Gasteiger partial charge in [-0.3, -0.25) is 14.4 Å². The molecule has 47 heavy (non-hydrogen) atoms. The van der Waals surface area contributed by atoms with Crippen LogP contribution >= 0.6 is 0 Å². The lowest BCUT2D eigenvalue weighted by atomic mass is 9.75. The number of hydrogen-bond donors (Lipinski definition) is 2. The minimum absolute atomic E-state index is 0.0648. The van der Waals surface area contributed by atoms with E-state index in [0.717, 1.165) is 19.8 Å². The van der Waals surface area contributed by atoms with Crippen LogP contribution in [0.1, 0.15) is 108 Å². The number of fused-ring (bicyclic) bond motifs is 3. The van der Waals surface area contributed by atoms with Crippen LogP contribution in [-0.2, 0) is 47.7 Å². The molecule has 0 bridgehead atoms. The Labute approximate surface area is 277 Å². The molecule has 1 aliphatic heterocycles. The number of allylic oxidation sites excluding steroid dienone is 1. The first-order valence-electron chi connectivity index (χ1n) is 16.6. The number of carbonyl (C=O) groups is 5. The highest BCUT2D eigenvalue weighted by Crippen LogP contribution is 2.57. The maximum absolute atomic E-state index is 13.4. The summed E-state index contributed by atoms with van der Waals surface area (Å²) in [5.41, 5.74) is -6.17. The van der Waals surface area contributed by atoms with Gasteiger partial charge in [0.1, 0.15) is 11.7 Å². The fourth-order valence-corrected chi connectivity index (χ4v) is 6.85. The molecule has 2 aliphatic carbocycles. The van der Waals surface area contributed by atoms with Crippen molar-refractivity contribution in [1.29, 1.82) is 0 Å². The quantitative estimate of drug-likeness (QED) is 0.101. The van der Waals surface area contributed by atoms with Gasteiger partial charge in [-0.25, -0.2) is 9.59 Å². The van der Waals surface area contributed by atoms with Crippen molar-refractivity contribution in [2.75, 3.05) is 0 Å². The van der Waals surface area contributed by atoms with E-state index in [1.807, 2.05) is 0 Å². The van der Waals surface area contributed by atoms with Gasteiger partial charge in [0.2, 0.25) is 0 Å². The predicted molar refractivity (Wildman–Crippen MR) is 168 cm³/mol. The highest BCUT2D eigenvalue weighted by molar-refractivity contribution is 5.88. The fraction of sp³-hybridized carbons (Fsp3) is 0.743. The van der Waals surface area contributed by atoms with Crippen molar-refractivity contribution in [3.05, 3.63) is 22.8 Å². The molecule has 3 aliphatic rings. The number of esters is 5. The second-order valence-corrected chi connectivity index (χ2v) is 14.0. The molecule has 2 N–H and O–H groups in total. The molecule has 1 saturated heterocycles. The minimum atomic E-state index is -2.59. The third-order valence-corrected chi connectivity index (χ3v) is 9.99. The standard InChI is InChI=1S/C35H52O12/c1-11-19(5)30(38)43-23-17-33(9,47-22(8)36)26-25(29-35(23,42)34(10,41)32(40)46-29)21(7)27(45-31(39)20(6)12-2)28(26)44-24(37)16-14-13-15-18(3)4/h12,18-19,23,26-29,41-42H,11,13-17H2,1-10H3. The summed E-state index contributed by atoms with van der Waals surface area (Å²) in [6.07, 6.45) is -1.95. The molecule has 0 aromatic rings. The van der Waals surface area contributed by atoms with Crippen molar-refractivity contribution in [3.63, 3.8) is 0 Å². The van der Waals surface area contributed by atoms with Gasteiger partial charge >= 0.3 is 29.8 Å². The van der Waals surface area contributed by atoms with Gasteiger partial charge in [-0.15, -0.1) is 0 Å². The Morgan fingerprint density at radius 2 is 1.68 bits per heavy atom. The summed E-state index contributed by atoms with van der Waals surface area (Å²) in [5.74, 6) is -5.20. The number of carbonyl (C=O) groups excluding carboxylic acids is 5. The van der Waals surface area contributed by atoms with Crippen molar-refractivity contribution in [2.24, 2.45) is 17.8 Å². The summed E-state index contributed by atoms with van der Waals surface area (Å²) in [6, 6.07) is 0. The van der Waals surface area contributed by atoms with Gasteiger partial charge in [-0.05, 0) is 64.5 Å². The maximum atomic E-state index is 13.4. The topological polar surface area (TPSA) is 172 Å². The Bertz CT molecular complexity index is 1310. The van der Waals surface area contributed by atoms with E-state index in [4.69, 9.17) is 23.7 Å². The molecule has 2 fully saturated rings. The highest BCUT2D eigenvalue weighted by atomic mass is 16.6. The van der Waals surface area contributed by atoms with Gasteiger partial charge in [-0.1, -0.05) is 46.6 Å². The van der Waals surface area contributed by atoms with Crippen LogP contribution in [0.2, 0.25) is 0 Å². The van der Waals surface area contributed by atoms with Crippen LogP contribution in [0.5, 0.6) is 0 Å². The number of rotatable bonds is 12.